The van der Waals surface area contributed by atoms with E-state index in [4.69, 9.17) is 0 Å². The lowest BCUT2D eigenvalue weighted by atomic mass is 9.38. The minimum atomic E-state index is -1.09. The highest BCUT2D eigenvalue weighted by Gasteiger charge is 2.75. The van der Waals surface area contributed by atoms with Crippen molar-refractivity contribution in [2.24, 2.45) is 28.1 Å². The van der Waals surface area contributed by atoms with Crippen molar-refractivity contribution >= 4 is 11.8 Å². The predicted molar refractivity (Wildman–Crippen MR) is 89.3 cm³/mol. The fourth-order valence-corrected chi connectivity index (χ4v) is 7.29. The van der Waals surface area contributed by atoms with Crippen LogP contribution in [-0.4, -0.2) is 27.6 Å². The zero-order chi connectivity index (χ0) is 17.5. The van der Waals surface area contributed by atoms with Gasteiger partial charge in [-0.05, 0) is 69.3 Å². The molecular formula is C20H28O4. The molecule has 0 heterocycles. The van der Waals surface area contributed by atoms with E-state index in [0.29, 0.717) is 37.7 Å². The van der Waals surface area contributed by atoms with Gasteiger partial charge in [-0.1, -0.05) is 19.9 Å². The first kappa shape index (κ1) is 16.3. The molecule has 4 fully saturated rings. The maximum absolute atomic E-state index is 13.1. The van der Waals surface area contributed by atoms with Crippen LogP contribution in [0.5, 0.6) is 0 Å². The lowest BCUT2D eigenvalue weighted by molar-refractivity contribution is -0.255. The average molecular weight is 332 g/mol. The molecule has 0 unspecified atom stereocenters. The van der Waals surface area contributed by atoms with Gasteiger partial charge in [-0.3, -0.25) is 9.59 Å². The molecule has 6 atom stereocenters. The third-order valence-corrected chi connectivity index (χ3v) is 8.68. The van der Waals surface area contributed by atoms with Gasteiger partial charge >= 0.3 is 5.97 Å². The number of allylic oxidation sites excluding steroid dienone is 1. The number of carboxylic acids is 1. The second kappa shape index (κ2) is 4.51. The summed E-state index contributed by atoms with van der Waals surface area (Å²) in [6, 6.07) is 0. The molecule has 2 bridgehead atoms. The maximum atomic E-state index is 13.1. The molecule has 0 radical (unpaired) electrons. The van der Waals surface area contributed by atoms with Crippen LogP contribution in [0.15, 0.2) is 12.2 Å². The van der Waals surface area contributed by atoms with E-state index in [2.05, 4.69) is 13.5 Å². The summed E-state index contributed by atoms with van der Waals surface area (Å²) in [6.07, 6.45) is 5.71. The van der Waals surface area contributed by atoms with E-state index in [1.807, 2.05) is 6.92 Å². The number of hydrogen-bond donors (Lipinski definition) is 2. The Balaban J connectivity index is 1.86. The van der Waals surface area contributed by atoms with Gasteiger partial charge in [0.15, 0.2) is 5.78 Å². The quantitative estimate of drug-likeness (QED) is 0.722. The van der Waals surface area contributed by atoms with Crippen LogP contribution < -0.4 is 0 Å². The highest BCUT2D eigenvalue weighted by Crippen LogP contribution is 2.72. The van der Waals surface area contributed by atoms with Crippen LogP contribution in [-0.2, 0) is 9.59 Å². The Kier molecular flexibility index (Phi) is 3.07. The minimum Gasteiger partial charge on any atom is -0.481 e. The number of rotatable bonds is 1. The number of aliphatic hydroxyl groups is 1. The fourth-order valence-electron chi connectivity index (χ4n) is 7.29. The van der Waals surface area contributed by atoms with Gasteiger partial charge < -0.3 is 10.2 Å². The van der Waals surface area contributed by atoms with Crippen LogP contribution >= 0.6 is 0 Å². The van der Waals surface area contributed by atoms with Crippen molar-refractivity contribution in [1.29, 1.82) is 0 Å². The van der Waals surface area contributed by atoms with Crippen LogP contribution in [0.2, 0.25) is 0 Å². The Hall–Kier alpha value is -1.16. The number of hydrogen-bond acceptors (Lipinski definition) is 3. The molecule has 4 nitrogen and oxygen atoms in total. The molecule has 0 aromatic carbocycles. The van der Waals surface area contributed by atoms with Crippen LogP contribution in [0.1, 0.15) is 65.2 Å². The van der Waals surface area contributed by atoms with E-state index in [0.717, 1.165) is 19.3 Å². The second-order valence-corrected chi connectivity index (χ2v) is 9.32. The maximum Gasteiger partial charge on any atom is 0.309 e. The van der Waals surface area contributed by atoms with Crippen molar-refractivity contribution in [3.8, 4) is 0 Å². The molecule has 24 heavy (non-hydrogen) atoms. The SMILES string of the molecule is C=C1C(=O)[C@]23CC[C@@H]4[C@](C)(CCC[C@]4(C)C(=O)O)[C@@]2(O)CC[C@@H]1C3. The van der Waals surface area contributed by atoms with Crippen molar-refractivity contribution in [3.05, 3.63) is 12.2 Å². The van der Waals surface area contributed by atoms with E-state index in [1.54, 1.807) is 0 Å². The van der Waals surface area contributed by atoms with Crippen LogP contribution in [0.4, 0.5) is 0 Å². The lowest BCUT2D eigenvalue weighted by Gasteiger charge is -2.66. The molecule has 0 saturated heterocycles. The predicted octanol–water partition coefficient (Wildman–Crippen LogP) is 3.33. The van der Waals surface area contributed by atoms with Crippen LogP contribution in [0, 0.1) is 28.1 Å². The largest absolute Gasteiger partial charge is 0.481 e. The first-order chi connectivity index (χ1) is 11.1. The zero-order valence-electron chi connectivity index (χ0n) is 14.7. The van der Waals surface area contributed by atoms with Crippen molar-refractivity contribution in [1.82, 2.24) is 0 Å². The average Bonchev–Trinajstić information content (AvgIpc) is 2.73. The van der Waals surface area contributed by atoms with Crippen molar-refractivity contribution < 1.29 is 19.8 Å². The van der Waals surface area contributed by atoms with E-state index in [1.165, 1.54) is 0 Å². The Labute approximate surface area is 143 Å². The van der Waals surface area contributed by atoms with Gasteiger partial charge in [0.05, 0.1) is 16.4 Å². The number of fused-ring (bicyclic) bond motifs is 3. The third-order valence-electron chi connectivity index (χ3n) is 8.68. The Bertz CT molecular complexity index is 654. The van der Waals surface area contributed by atoms with Gasteiger partial charge in [0.2, 0.25) is 0 Å². The number of carbonyl (C=O) groups is 2. The zero-order valence-corrected chi connectivity index (χ0v) is 14.7. The van der Waals surface area contributed by atoms with E-state index < -0.39 is 27.8 Å². The number of ketones is 1. The number of aliphatic carboxylic acids is 1. The van der Waals surface area contributed by atoms with Gasteiger partial charge in [0.25, 0.3) is 0 Å². The van der Waals surface area contributed by atoms with Gasteiger partial charge in [-0.15, -0.1) is 0 Å². The fraction of sp³-hybridized carbons (Fsp3) is 0.800. The Morgan fingerprint density at radius 2 is 1.88 bits per heavy atom. The molecule has 0 amide bonds. The third kappa shape index (κ3) is 1.50. The molecule has 4 aliphatic carbocycles. The summed E-state index contributed by atoms with van der Waals surface area (Å²) in [7, 11) is 0. The van der Waals surface area contributed by atoms with Crippen LogP contribution in [0.25, 0.3) is 0 Å². The molecule has 2 N–H and O–H groups in total. The number of carbonyl (C=O) groups excluding carboxylic acids is 1. The highest BCUT2D eigenvalue weighted by molar-refractivity contribution is 6.04. The van der Waals surface area contributed by atoms with E-state index in [-0.39, 0.29) is 17.6 Å². The lowest BCUT2D eigenvalue weighted by Crippen LogP contribution is -2.70. The molecule has 4 aliphatic rings. The molecule has 4 rings (SSSR count). The summed E-state index contributed by atoms with van der Waals surface area (Å²) in [5, 5.41) is 21.9. The summed E-state index contributed by atoms with van der Waals surface area (Å²) in [5.74, 6) is -0.555. The molecule has 132 valence electrons. The van der Waals surface area contributed by atoms with Crippen molar-refractivity contribution in [2.75, 3.05) is 0 Å². The summed E-state index contributed by atoms with van der Waals surface area (Å²) in [4.78, 5) is 25.1. The van der Waals surface area contributed by atoms with Gasteiger partial charge in [0.1, 0.15) is 0 Å². The normalized spacial score (nSPS) is 53.5. The Morgan fingerprint density at radius 3 is 2.54 bits per heavy atom. The van der Waals surface area contributed by atoms with Crippen molar-refractivity contribution in [2.45, 2.75) is 70.8 Å². The highest BCUT2D eigenvalue weighted by atomic mass is 16.4. The van der Waals surface area contributed by atoms with E-state index >= 15 is 0 Å². The first-order valence-electron chi connectivity index (χ1n) is 9.32. The summed E-state index contributed by atoms with van der Waals surface area (Å²) < 4.78 is 0. The van der Waals surface area contributed by atoms with Gasteiger partial charge in [-0.2, -0.15) is 0 Å². The number of carboxylic acid groups (broad SMARTS) is 1. The van der Waals surface area contributed by atoms with Gasteiger partial charge in [-0.25, -0.2) is 0 Å². The monoisotopic (exact) mass is 332 g/mol. The smallest absolute Gasteiger partial charge is 0.309 e. The molecule has 0 aliphatic heterocycles. The summed E-state index contributed by atoms with van der Waals surface area (Å²) in [5.41, 5.74) is -2.42. The Morgan fingerprint density at radius 1 is 1.17 bits per heavy atom. The molecule has 4 heteroatoms. The first-order valence-corrected chi connectivity index (χ1v) is 9.32. The van der Waals surface area contributed by atoms with Gasteiger partial charge in [0, 0.05) is 5.41 Å². The summed E-state index contributed by atoms with van der Waals surface area (Å²) in [6.45, 7) is 7.93. The topological polar surface area (TPSA) is 74.6 Å². The number of Topliss-reactive ketones (excluding diaryl/α,β-unsaturated/α-hetero) is 1. The minimum absolute atomic E-state index is 0.0646. The van der Waals surface area contributed by atoms with Crippen LogP contribution in [0.3, 0.4) is 0 Å². The molecule has 0 aromatic rings. The molecular weight excluding hydrogens is 304 g/mol. The van der Waals surface area contributed by atoms with E-state index in [9.17, 15) is 19.8 Å². The standard InChI is InChI=1S/C20H28O4/c1-12-13-5-10-20(24)18(3)8-4-7-17(2,16(22)23)14(18)6-9-19(20,11-13)15(12)21/h13-14,24H,1,4-11H2,2-3H3,(H,22,23)/t13-,14+,17+,18+,19-,20+/m1/s1. The summed E-state index contributed by atoms with van der Waals surface area (Å²) >= 11 is 0. The molecule has 4 saturated carbocycles. The van der Waals surface area contributed by atoms with Crippen molar-refractivity contribution in [3.63, 3.8) is 0 Å². The molecule has 1 spiro atoms. The second-order valence-electron chi connectivity index (χ2n) is 9.32. The molecule has 0 aromatic heterocycles.